The highest BCUT2D eigenvalue weighted by Crippen LogP contribution is 2.32. The lowest BCUT2D eigenvalue weighted by atomic mass is 10.1. The number of ether oxygens (including phenoxy) is 2. The number of ketones is 1. The average molecular weight is 351 g/mol. The summed E-state index contributed by atoms with van der Waals surface area (Å²) in [4.78, 5) is 15.1. The summed E-state index contributed by atoms with van der Waals surface area (Å²) in [5.74, 6) is 1.43. The van der Waals surface area contributed by atoms with Crippen LogP contribution in [0.2, 0.25) is 0 Å². The zero-order valence-corrected chi connectivity index (χ0v) is 15.0. The Labute approximate surface area is 152 Å². The van der Waals surface area contributed by atoms with E-state index >= 15 is 0 Å². The lowest BCUT2D eigenvalue weighted by Gasteiger charge is -2.20. The van der Waals surface area contributed by atoms with Crippen LogP contribution in [-0.2, 0) is 0 Å². The smallest absolute Gasteiger partial charge is 0.228 e. The Morgan fingerprint density at radius 2 is 1.73 bits per heavy atom. The van der Waals surface area contributed by atoms with E-state index in [1.54, 1.807) is 24.3 Å². The summed E-state index contributed by atoms with van der Waals surface area (Å²) in [7, 11) is 0. The van der Waals surface area contributed by atoms with Crippen molar-refractivity contribution >= 4 is 22.4 Å². The second-order valence-electron chi connectivity index (χ2n) is 6.19. The summed E-state index contributed by atoms with van der Waals surface area (Å²) in [6, 6.07) is 13.1. The van der Waals surface area contributed by atoms with Gasteiger partial charge >= 0.3 is 0 Å². The average Bonchev–Trinajstić information content (AvgIpc) is 3.11. The van der Waals surface area contributed by atoms with Crippen molar-refractivity contribution < 1.29 is 18.7 Å². The van der Waals surface area contributed by atoms with E-state index in [0.717, 1.165) is 29.7 Å². The standard InChI is InChI=1S/C21H21NO4/c1-3-22(4-2)16-7-5-14-11-20(26-18(14)13-16)21(23)15-6-8-17-19(12-15)25-10-9-24-17/h5-8,11-13H,3-4,9-10H2,1-2H3. The van der Waals surface area contributed by atoms with Gasteiger partial charge in [-0.25, -0.2) is 0 Å². The van der Waals surface area contributed by atoms with Crippen LogP contribution in [-0.4, -0.2) is 32.1 Å². The fourth-order valence-electron chi connectivity index (χ4n) is 3.24. The zero-order chi connectivity index (χ0) is 18.1. The molecule has 0 spiro atoms. The van der Waals surface area contributed by atoms with Crippen LogP contribution in [0.1, 0.15) is 30.0 Å². The fraction of sp³-hybridized carbons (Fsp3) is 0.286. The molecule has 0 amide bonds. The molecule has 0 saturated carbocycles. The maximum absolute atomic E-state index is 12.8. The molecular weight excluding hydrogens is 330 g/mol. The Bertz CT molecular complexity index is 956. The Kier molecular flexibility index (Phi) is 4.29. The summed E-state index contributed by atoms with van der Waals surface area (Å²) >= 11 is 0. The van der Waals surface area contributed by atoms with Crippen molar-refractivity contribution in [2.75, 3.05) is 31.2 Å². The molecule has 3 aromatic rings. The van der Waals surface area contributed by atoms with Crippen LogP contribution >= 0.6 is 0 Å². The largest absolute Gasteiger partial charge is 0.486 e. The highest BCUT2D eigenvalue weighted by molar-refractivity contribution is 6.09. The molecule has 0 saturated heterocycles. The van der Waals surface area contributed by atoms with Gasteiger partial charge < -0.3 is 18.8 Å². The van der Waals surface area contributed by atoms with Crippen LogP contribution in [0.15, 0.2) is 46.9 Å². The summed E-state index contributed by atoms with van der Waals surface area (Å²) in [5, 5.41) is 0.918. The number of benzene rings is 2. The number of nitrogens with zero attached hydrogens (tertiary/aromatic N) is 1. The van der Waals surface area contributed by atoms with E-state index in [4.69, 9.17) is 13.9 Å². The van der Waals surface area contributed by atoms with Gasteiger partial charge in [-0.05, 0) is 50.2 Å². The molecule has 1 aliphatic heterocycles. The third-order valence-corrected chi connectivity index (χ3v) is 4.66. The summed E-state index contributed by atoms with van der Waals surface area (Å²) in [6.45, 7) is 7.10. The van der Waals surface area contributed by atoms with Crippen LogP contribution in [0, 0.1) is 0 Å². The van der Waals surface area contributed by atoms with Crippen molar-refractivity contribution in [2.45, 2.75) is 13.8 Å². The molecule has 0 atom stereocenters. The molecular formula is C21H21NO4. The van der Waals surface area contributed by atoms with Crippen molar-refractivity contribution in [1.29, 1.82) is 0 Å². The van der Waals surface area contributed by atoms with Crippen LogP contribution in [0.5, 0.6) is 11.5 Å². The number of hydrogen-bond acceptors (Lipinski definition) is 5. The van der Waals surface area contributed by atoms with Gasteiger partial charge in [0.15, 0.2) is 17.3 Å². The first-order chi connectivity index (χ1) is 12.7. The van der Waals surface area contributed by atoms with Crippen LogP contribution < -0.4 is 14.4 Å². The summed E-state index contributed by atoms with van der Waals surface area (Å²) < 4.78 is 16.9. The number of fused-ring (bicyclic) bond motifs is 2. The van der Waals surface area contributed by atoms with Gasteiger partial charge in [0.05, 0.1) is 0 Å². The Balaban J connectivity index is 1.66. The van der Waals surface area contributed by atoms with E-state index in [-0.39, 0.29) is 5.78 Å². The predicted molar refractivity (Wildman–Crippen MR) is 101 cm³/mol. The minimum absolute atomic E-state index is 0.164. The number of carbonyl (C=O) groups is 1. The number of rotatable bonds is 5. The highest BCUT2D eigenvalue weighted by Gasteiger charge is 2.19. The molecule has 0 aliphatic carbocycles. The fourth-order valence-corrected chi connectivity index (χ4v) is 3.24. The van der Waals surface area contributed by atoms with Gasteiger partial charge in [-0.15, -0.1) is 0 Å². The second-order valence-corrected chi connectivity index (χ2v) is 6.19. The zero-order valence-electron chi connectivity index (χ0n) is 15.0. The normalized spacial score (nSPS) is 13.0. The molecule has 0 bridgehead atoms. The molecule has 0 radical (unpaired) electrons. The first kappa shape index (κ1) is 16.5. The van der Waals surface area contributed by atoms with Gasteiger partial charge in [-0.1, -0.05) is 0 Å². The van der Waals surface area contributed by atoms with Crippen molar-refractivity contribution in [3.05, 3.63) is 53.8 Å². The minimum atomic E-state index is -0.164. The van der Waals surface area contributed by atoms with E-state index in [1.807, 2.05) is 12.1 Å². The molecule has 0 fully saturated rings. The molecule has 0 N–H and O–H groups in total. The molecule has 2 aromatic carbocycles. The van der Waals surface area contributed by atoms with E-state index in [9.17, 15) is 4.79 Å². The second kappa shape index (κ2) is 6.75. The van der Waals surface area contributed by atoms with Gasteiger partial charge in [0.1, 0.15) is 18.8 Å². The van der Waals surface area contributed by atoms with E-state index in [2.05, 4.69) is 24.8 Å². The van der Waals surface area contributed by atoms with Crippen LogP contribution in [0.4, 0.5) is 5.69 Å². The molecule has 134 valence electrons. The maximum Gasteiger partial charge on any atom is 0.228 e. The molecule has 1 aliphatic rings. The topological polar surface area (TPSA) is 51.9 Å². The summed E-state index contributed by atoms with van der Waals surface area (Å²) in [5.41, 5.74) is 2.34. The van der Waals surface area contributed by atoms with Crippen molar-refractivity contribution in [3.63, 3.8) is 0 Å². The Morgan fingerprint density at radius 3 is 2.50 bits per heavy atom. The maximum atomic E-state index is 12.8. The molecule has 4 rings (SSSR count). The predicted octanol–water partition coefficient (Wildman–Crippen LogP) is 4.28. The lowest BCUT2D eigenvalue weighted by molar-refractivity contribution is 0.101. The van der Waals surface area contributed by atoms with E-state index < -0.39 is 0 Å². The Morgan fingerprint density at radius 1 is 0.962 bits per heavy atom. The summed E-state index contributed by atoms with van der Waals surface area (Å²) in [6.07, 6.45) is 0. The number of anilines is 1. The van der Waals surface area contributed by atoms with Gasteiger partial charge in [-0.3, -0.25) is 4.79 Å². The molecule has 5 heteroatoms. The molecule has 5 nitrogen and oxygen atoms in total. The quantitative estimate of drug-likeness (QED) is 0.642. The van der Waals surface area contributed by atoms with Crippen molar-refractivity contribution in [1.82, 2.24) is 0 Å². The molecule has 26 heavy (non-hydrogen) atoms. The SMILES string of the molecule is CCN(CC)c1ccc2cc(C(=O)c3ccc4c(c3)OCCO4)oc2c1. The van der Waals surface area contributed by atoms with E-state index in [0.29, 0.717) is 36.0 Å². The monoisotopic (exact) mass is 351 g/mol. The Hall–Kier alpha value is -2.95. The third kappa shape index (κ3) is 2.90. The number of furan rings is 1. The molecule has 2 heterocycles. The number of carbonyl (C=O) groups excluding carboxylic acids is 1. The third-order valence-electron chi connectivity index (χ3n) is 4.66. The van der Waals surface area contributed by atoms with Gasteiger partial charge in [0.25, 0.3) is 0 Å². The van der Waals surface area contributed by atoms with Gasteiger partial charge in [0.2, 0.25) is 5.78 Å². The van der Waals surface area contributed by atoms with Crippen LogP contribution in [0.3, 0.4) is 0 Å². The van der Waals surface area contributed by atoms with E-state index in [1.165, 1.54) is 0 Å². The highest BCUT2D eigenvalue weighted by atomic mass is 16.6. The minimum Gasteiger partial charge on any atom is -0.486 e. The lowest BCUT2D eigenvalue weighted by Crippen LogP contribution is -2.21. The first-order valence-corrected chi connectivity index (χ1v) is 8.92. The van der Waals surface area contributed by atoms with Gasteiger partial charge in [0, 0.05) is 35.8 Å². The molecule has 0 unspecified atom stereocenters. The van der Waals surface area contributed by atoms with Crippen LogP contribution in [0.25, 0.3) is 11.0 Å². The molecule has 1 aromatic heterocycles. The van der Waals surface area contributed by atoms with Crippen molar-refractivity contribution in [3.8, 4) is 11.5 Å². The first-order valence-electron chi connectivity index (χ1n) is 8.92. The van der Waals surface area contributed by atoms with Gasteiger partial charge in [-0.2, -0.15) is 0 Å². The van der Waals surface area contributed by atoms with Crippen molar-refractivity contribution in [2.24, 2.45) is 0 Å². The number of hydrogen-bond donors (Lipinski definition) is 0.